The number of likely N-dealkylation sites (N-methyl/N-ethyl adjacent to an activating group) is 1. The lowest BCUT2D eigenvalue weighted by Crippen LogP contribution is -2.49. The molecule has 1 aliphatic carbocycles. The predicted molar refractivity (Wildman–Crippen MR) is 116 cm³/mol. The molecule has 2 N–H and O–H groups in total. The Balaban J connectivity index is 1.60. The van der Waals surface area contributed by atoms with Crippen molar-refractivity contribution in [1.29, 1.82) is 0 Å². The zero-order valence-electron chi connectivity index (χ0n) is 18.6. The fourth-order valence-electron chi connectivity index (χ4n) is 3.75. The van der Waals surface area contributed by atoms with Gasteiger partial charge in [-0.1, -0.05) is 25.0 Å². The predicted octanol–water partition coefficient (Wildman–Crippen LogP) is 1.07. The van der Waals surface area contributed by atoms with Crippen LogP contribution in [0.5, 0.6) is 0 Å². The molecule has 32 heavy (non-hydrogen) atoms. The molecule has 9 heteroatoms. The number of carboxylic acids is 1. The molecular weight excluding hydrogens is 416 g/mol. The van der Waals surface area contributed by atoms with Crippen molar-refractivity contribution in [3.8, 4) is 0 Å². The number of hydrogen-bond acceptors (Lipinski definition) is 7. The molecule has 2 fully saturated rings. The van der Waals surface area contributed by atoms with Gasteiger partial charge in [-0.05, 0) is 37.0 Å². The van der Waals surface area contributed by atoms with Crippen LogP contribution in [0.15, 0.2) is 24.3 Å². The van der Waals surface area contributed by atoms with Crippen molar-refractivity contribution >= 4 is 23.5 Å². The molecule has 1 saturated carbocycles. The van der Waals surface area contributed by atoms with Crippen LogP contribution in [0.2, 0.25) is 0 Å². The van der Waals surface area contributed by atoms with E-state index in [2.05, 4.69) is 4.90 Å². The second-order valence-electron chi connectivity index (χ2n) is 8.55. The van der Waals surface area contributed by atoms with Gasteiger partial charge in [0.1, 0.15) is 12.1 Å². The van der Waals surface area contributed by atoms with Crippen LogP contribution in [0.1, 0.15) is 31.7 Å². The highest BCUT2D eigenvalue weighted by molar-refractivity contribution is 5.88. The number of carbonyl (C=O) groups excluding carboxylic acids is 2. The molecule has 1 aromatic carbocycles. The van der Waals surface area contributed by atoms with Gasteiger partial charge in [-0.15, -0.1) is 0 Å². The molecule has 3 rings (SSSR count). The highest BCUT2D eigenvalue weighted by Gasteiger charge is 2.37. The van der Waals surface area contributed by atoms with E-state index in [4.69, 9.17) is 14.6 Å². The van der Waals surface area contributed by atoms with Gasteiger partial charge in [0.05, 0.1) is 13.2 Å². The molecule has 1 aromatic rings. The smallest absolute Gasteiger partial charge is 0.344 e. The van der Waals surface area contributed by atoms with Crippen LogP contribution >= 0.6 is 0 Å². The molecule has 0 spiro atoms. The zero-order valence-corrected chi connectivity index (χ0v) is 18.6. The topological polar surface area (TPSA) is 117 Å². The lowest BCUT2D eigenvalue weighted by atomic mass is 10.0. The van der Waals surface area contributed by atoms with E-state index >= 15 is 0 Å². The summed E-state index contributed by atoms with van der Waals surface area (Å²) in [6.45, 7) is 4.30. The number of esters is 1. The Hall–Kier alpha value is -2.65. The van der Waals surface area contributed by atoms with Crippen LogP contribution < -0.4 is 4.90 Å². The summed E-state index contributed by atoms with van der Waals surface area (Å²) in [6.07, 6.45) is -0.197. The summed E-state index contributed by atoms with van der Waals surface area (Å²) in [5, 5.41) is 19.5. The van der Waals surface area contributed by atoms with E-state index in [1.165, 1.54) is 18.9 Å². The fraction of sp³-hybridized carbons (Fsp3) is 0.609. The van der Waals surface area contributed by atoms with E-state index < -0.39 is 36.1 Å². The minimum Gasteiger partial charge on any atom is -0.479 e. The first-order valence-corrected chi connectivity index (χ1v) is 11.1. The lowest BCUT2D eigenvalue weighted by molar-refractivity contribution is -0.168. The number of aliphatic hydroxyl groups is 1. The number of rotatable bonds is 10. The Morgan fingerprint density at radius 2 is 1.81 bits per heavy atom. The molecule has 2 aliphatic rings. The fourth-order valence-corrected chi connectivity index (χ4v) is 3.75. The van der Waals surface area contributed by atoms with Crippen molar-refractivity contribution in [1.82, 2.24) is 4.90 Å². The number of benzene rings is 1. The first-order valence-electron chi connectivity index (χ1n) is 11.1. The van der Waals surface area contributed by atoms with Crippen molar-refractivity contribution in [2.24, 2.45) is 5.92 Å². The van der Waals surface area contributed by atoms with Crippen LogP contribution in [0, 0.1) is 5.92 Å². The standard InChI is InChI=1S/C23H32N2O7/c1-15(22(28)29)32-23(30)19(13-16-3-4-16)24(2)21(27)20(26)14-17-5-7-18(8-6-17)25-9-11-31-12-10-25/h5-8,15-16,19-20,26H,3-4,9-14H2,1-2H3,(H,28,29)/t15-,19+,20-/m1/s1. The largest absolute Gasteiger partial charge is 0.479 e. The number of morpholine rings is 1. The Kier molecular flexibility index (Phi) is 8.09. The summed E-state index contributed by atoms with van der Waals surface area (Å²) in [6, 6.07) is 6.76. The minimum atomic E-state index is -1.32. The van der Waals surface area contributed by atoms with Crippen molar-refractivity contribution in [3.05, 3.63) is 29.8 Å². The number of aliphatic carboxylic acids is 1. The maximum atomic E-state index is 12.9. The average Bonchev–Trinajstić information content (AvgIpc) is 3.61. The van der Waals surface area contributed by atoms with Gasteiger partial charge in [-0.25, -0.2) is 9.59 Å². The van der Waals surface area contributed by atoms with E-state index in [-0.39, 0.29) is 6.42 Å². The monoisotopic (exact) mass is 448 g/mol. The molecular formula is C23H32N2O7. The number of aliphatic hydroxyl groups excluding tert-OH is 1. The van der Waals surface area contributed by atoms with Crippen molar-refractivity contribution < 1.29 is 34.1 Å². The number of hydrogen-bond donors (Lipinski definition) is 2. The molecule has 1 heterocycles. The Bertz CT molecular complexity index is 803. The van der Waals surface area contributed by atoms with Crippen LogP contribution in [0.25, 0.3) is 0 Å². The normalized spacial score (nSPS) is 19.0. The molecule has 0 radical (unpaired) electrons. The Morgan fingerprint density at radius 3 is 2.38 bits per heavy atom. The summed E-state index contributed by atoms with van der Waals surface area (Å²) in [5.74, 6) is -2.30. The third kappa shape index (κ3) is 6.43. The molecule has 0 aromatic heterocycles. The first-order chi connectivity index (χ1) is 15.3. The molecule has 1 amide bonds. The van der Waals surface area contributed by atoms with Gasteiger partial charge in [0.25, 0.3) is 5.91 Å². The number of nitrogens with zero attached hydrogens (tertiary/aromatic N) is 2. The van der Waals surface area contributed by atoms with Crippen LogP contribution in [0.4, 0.5) is 5.69 Å². The van der Waals surface area contributed by atoms with Crippen LogP contribution in [0.3, 0.4) is 0 Å². The third-order valence-electron chi connectivity index (χ3n) is 6.01. The number of anilines is 1. The SMILES string of the molecule is C[C@@H](OC(=O)[C@H](CC1CC1)N(C)C(=O)[C@H](O)Cc1ccc(N2CCOCC2)cc1)C(=O)O. The highest BCUT2D eigenvalue weighted by atomic mass is 16.6. The number of carboxylic acid groups (broad SMARTS) is 1. The summed E-state index contributed by atoms with van der Waals surface area (Å²) in [4.78, 5) is 39.9. The Labute approximate surface area is 187 Å². The number of ether oxygens (including phenoxy) is 2. The van der Waals surface area contributed by atoms with Crippen molar-refractivity contribution in [3.63, 3.8) is 0 Å². The molecule has 3 atom stereocenters. The zero-order chi connectivity index (χ0) is 23.3. The summed E-state index contributed by atoms with van der Waals surface area (Å²) in [7, 11) is 1.45. The molecule has 1 aliphatic heterocycles. The van der Waals surface area contributed by atoms with E-state index in [0.717, 1.165) is 37.2 Å². The van der Waals surface area contributed by atoms with Crippen LogP contribution in [-0.4, -0.2) is 84.6 Å². The summed E-state index contributed by atoms with van der Waals surface area (Å²) >= 11 is 0. The molecule has 0 unspecified atom stereocenters. The minimum absolute atomic E-state index is 0.114. The summed E-state index contributed by atoms with van der Waals surface area (Å²) in [5.41, 5.74) is 1.87. The first kappa shape index (κ1) is 24.0. The van der Waals surface area contributed by atoms with Gasteiger partial charge in [-0.3, -0.25) is 4.79 Å². The molecule has 0 bridgehead atoms. The lowest BCUT2D eigenvalue weighted by Gasteiger charge is -2.29. The molecule has 1 saturated heterocycles. The van der Waals surface area contributed by atoms with Crippen LogP contribution in [-0.2, 0) is 30.3 Å². The quantitative estimate of drug-likeness (QED) is 0.511. The molecule has 9 nitrogen and oxygen atoms in total. The van der Waals surface area contributed by atoms with E-state index in [1.807, 2.05) is 24.3 Å². The van der Waals surface area contributed by atoms with Crippen molar-refractivity contribution in [2.45, 2.75) is 50.9 Å². The molecule has 176 valence electrons. The van der Waals surface area contributed by atoms with E-state index in [9.17, 15) is 19.5 Å². The van der Waals surface area contributed by atoms with E-state index in [0.29, 0.717) is 25.6 Å². The van der Waals surface area contributed by atoms with E-state index in [1.54, 1.807) is 0 Å². The van der Waals surface area contributed by atoms with Gasteiger partial charge in [0.2, 0.25) is 0 Å². The summed E-state index contributed by atoms with van der Waals surface area (Å²) < 4.78 is 10.4. The van der Waals surface area contributed by atoms with Gasteiger partial charge in [0, 0.05) is 32.2 Å². The Morgan fingerprint density at radius 1 is 1.19 bits per heavy atom. The third-order valence-corrected chi connectivity index (χ3v) is 6.01. The average molecular weight is 449 g/mol. The number of carbonyl (C=O) groups is 3. The second-order valence-corrected chi connectivity index (χ2v) is 8.55. The van der Waals surface area contributed by atoms with Gasteiger partial charge in [0.15, 0.2) is 6.10 Å². The van der Waals surface area contributed by atoms with Gasteiger partial charge in [-0.2, -0.15) is 0 Å². The van der Waals surface area contributed by atoms with Crippen molar-refractivity contribution in [2.75, 3.05) is 38.3 Å². The number of amides is 1. The van der Waals surface area contributed by atoms with Gasteiger partial charge < -0.3 is 29.5 Å². The highest BCUT2D eigenvalue weighted by Crippen LogP contribution is 2.35. The van der Waals surface area contributed by atoms with Gasteiger partial charge >= 0.3 is 11.9 Å². The maximum absolute atomic E-state index is 12.9. The maximum Gasteiger partial charge on any atom is 0.344 e. The second kappa shape index (κ2) is 10.8.